The maximum atomic E-state index is 11.3. The highest BCUT2D eigenvalue weighted by Crippen LogP contribution is 2.09. The fourth-order valence-corrected chi connectivity index (χ4v) is 1.16. The quantitative estimate of drug-likeness (QED) is 0.625. The molecule has 0 radical (unpaired) electrons. The molecule has 0 amide bonds. The van der Waals surface area contributed by atoms with Crippen molar-refractivity contribution in [2.24, 2.45) is 7.05 Å². The summed E-state index contributed by atoms with van der Waals surface area (Å²) in [5.74, 6) is -0.248. The zero-order valence-corrected chi connectivity index (χ0v) is 7.63. The van der Waals surface area contributed by atoms with Crippen molar-refractivity contribution in [3.63, 3.8) is 0 Å². The highest BCUT2D eigenvalue weighted by Gasteiger charge is 2.12. The largest absolute Gasteiger partial charge is 0.461 e. The molecular formula is C9H13NO2. The molecule has 0 saturated carbocycles. The predicted octanol–water partition coefficient (Wildman–Crippen LogP) is 1.51. The third-order valence-corrected chi connectivity index (χ3v) is 1.74. The lowest BCUT2D eigenvalue weighted by Gasteiger charge is -2.03. The molecule has 0 bridgehead atoms. The van der Waals surface area contributed by atoms with Gasteiger partial charge in [-0.3, -0.25) is 0 Å². The number of ether oxygens (including phenoxy) is 1. The Morgan fingerprint density at radius 1 is 1.67 bits per heavy atom. The summed E-state index contributed by atoms with van der Waals surface area (Å²) in [6.45, 7) is 4.12. The molecule has 0 atom stereocenters. The number of carbonyl (C=O) groups is 1. The third kappa shape index (κ3) is 1.49. The molecule has 3 nitrogen and oxygen atoms in total. The van der Waals surface area contributed by atoms with Gasteiger partial charge in [0.1, 0.15) is 5.69 Å². The average molecular weight is 167 g/mol. The molecule has 1 heterocycles. The zero-order chi connectivity index (χ0) is 9.14. The molecule has 0 aliphatic heterocycles. The first-order valence-corrected chi connectivity index (χ1v) is 3.96. The summed E-state index contributed by atoms with van der Waals surface area (Å²) < 4.78 is 6.66. The number of carbonyl (C=O) groups excluding carboxylic acids is 1. The topological polar surface area (TPSA) is 31.2 Å². The van der Waals surface area contributed by atoms with E-state index in [2.05, 4.69) is 0 Å². The second kappa shape index (κ2) is 3.43. The van der Waals surface area contributed by atoms with Gasteiger partial charge in [-0.05, 0) is 25.5 Å². The Hall–Kier alpha value is -1.25. The van der Waals surface area contributed by atoms with Crippen LogP contribution in [0.3, 0.4) is 0 Å². The lowest BCUT2D eigenvalue weighted by atomic mass is 10.3. The van der Waals surface area contributed by atoms with Crippen LogP contribution in [0, 0.1) is 6.92 Å². The minimum Gasteiger partial charge on any atom is -0.461 e. The first kappa shape index (κ1) is 8.84. The molecule has 0 saturated heterocycles. The van der Waals surface area contributed by atoms with Crippen molar-refractivity contribution in [3.8, 4) is 0 Å². The summed E-state index contributed by atoms with van der Waals surface area (Å²) in [5, 5.41) is 0. The number of hydrogen-bond acceptors (Lipinski definition) is 2. The molecule has 1 aromatic rings. The fraction of sp³-hybridized carbons (Fsp3) is 0.444. The normalized spacial score (nSPS) is 9.92. The minimum absolute atomic E-state index is 0.248. The van der Waals surface area contributed by atoms with Crippen LogP contribution in [0.4, 0.5) is 0 Å². The molecule has 0 unspecified atom stereocenters. The van der Waals surface area contributed by atoms with E-state index in [1.54, 1.807) is 11.5 Å². The van der Waals surface area contributed by atoms with Crippen LogP contribution in [0.1, 0.15) is 23.0 Å². The Morgan fingerprint density at radius 2 is 2.33 bits per heavy atom. The Kier molecular flexibility index (Phi) is 2.53. The van der Waals surface area contributed by atoms with E-state index in [9.17, 15) is 4.79 Å². The first-order valence-electron chi connectivity index (χ1n) is 3.96. The molecule has 12 heavy (non-hydrogen) atoms. The van der Waals surface area contributed by atoms with Crippen LogP contribution in [0.2, 0.25) is 0 Å². The van der Waals surface area contributed by atoms with Crippen LogP contribution in [-0.4, -0.2) is 17.1 Å². The SMILES string of the molecule is CCOC(=O)c1c(C)ccn1C. The van der Waals surface area contributed by atoms with Crippen molar-refractivity contribution in [2.45, 2.75) is 13.8 Å². The highest BCUT2D eigenvalue weighted by atomic mass is 16.5. The summed E-state index contributed by atoms with van der Waals surface area (Å²) in [6.07, 6.45) is 1.85. The lowest BCUT2D eigenvalue weighted by molar-refractivity contribution is 0.0514. The van der Waals surface area contributed by atoms with Gasteiger partial charge in [0.15, 0.2) is 0 Å². The van der Waals surface area contributed by atoms with E-state index < -0.39 is 0 Å². The van der Waals surface area contributed by atoms with Gasteiger partial charge in [-0.15, -0.1) is 0 Å². The van der Waals surface area contributed by atoms with Gasteiger partial charge in [0.05, 0.1) is 6.61 Å². The molecule has 0 aliphatic rings. The molecule has 0 N–H and O–H groups in total. The summed E-state index contributed by atoms with van der Waals surface area (Å²) in [5.41, 5.74) is 1.59. The van der Waals surface area contributed by atoms with Crippen LogP contribution in [0.15, 0.2) is 12.3 Å². The van der Waals surface area contributed by atoms with E-state index in [1.165, 1.54) is 0 Å². The van der Waals surface area contributed by atoms with E-state index in [4.69, 9.17) is 4.74 Å². The van der Waals surface area contributed by atoms with Gasteiger partial charge in [0.25, 0.3) is 0 Å². The molecule has 1 rings (SSSR count). The molecule has 0 fully saturated rings. The van der Waals surface area contributed by atoms with Crippen molar-refractivity contribution >= 4 is 5.97 Å². The smallest absolute Gasteiger partial charge is 0.355 e. The van der Waals surface area contributed by atoms with Crippen LogP contribution >= 0.6 is 0 Å². The maximum Gasteiger partial charge on any atom is 0.355 e. The molecule has 0 spiro atoms. The molecule has 0 aromatic carbocycles. The third-order valence-electron chi connectivity index (χ3n) is 1.74. The average Bonchev–Trinajstić information content (AvgIpc) is 2.32. The highest BCUT2D eigenvalue weighted by molar-refractivity contribution is 5.89. The van der Waals surface area contributed by atoms with Crippen molar-refractivity contribution in [3.05, 3.63) is 23.5 Å². The van der Waals surface area contributed by atoms with Gasteiger partial charge in [0, 0.05) is 13.2 Å². The van der Waals surface area contributed by atoms with E-state index in [-0.39, 0.29) is 5.97 Å². The van der Waals surface area contributed by atoms with Gasteiger partial charge in [-0.2, -0.15) is 0 Å². The molecular weight excluding hydrogens is 154 g/mol. The van der Waals surface area contributed by atoms with Gasteiger partial charge in [-0.1, -0.05) is 0 Å². The standard InChI is InChI=1S/C9H13NO2/c1-4-12-9(11)8-7(2)5-6-10(8)3/h5-6H,4H2,1-3H3. The van der Waals surface area contributed by atoms with Gasteiger partial charge < -0.3 is 9.30 Å². The summed E-state index contributed by atoms with van der Waals surface area (Å²) in [7, 11) is 1.83. The lowest BCUT2D eigenvalue weighted by Crippen LogP contribution is -2.10. The molecule has 66 valence electrons. The van der Waals surface area contributed by atoms with E-state index in [1.807, 2.05) is 26.2 Å². The number of aromatic nitrogens is 1. The maximum absolute atomic E-state index is 11.3. The Bertz CT molecular complexity index is 269. The van der Waals surface area contributed by atoms with E-state index in [0.717, 1.165) is 5.56 Å². The van der Waals surface area contributed by atoms with Gasteiger partial charge >= 0.3 is 5.97 Å². The van der Waals surface area contributed by atoms with Gasteiger partial charge in [-0.25, -0.2) is 4.79 Å². The van der Waals surface area contributed by atoms with Crippen molar-refractivity contribution < 1.29 is 9.53 Å². The van der Waals surface area contributed by atoms with Crippen LogP contribution in [-0.2, 0) is 11.8 Å². The summed E-state index contributed by atoms with van der Waals surface area (Å²) in [6, 6.07) is 1.90. The van der Waals surface area contributed by atoms with Crippen LogP contribution in [0.25, 0.3) is 0 Å². The summed E-state index contributed by atoms with van der Waals surface area (Å²) in [4.78, 5) is 11.3. The van der Waals surface area contributed by atoms with E-state index >= 15 is 0 Å². The van der Waals surface area contributed by atoms with Crippen LogP contribution < -0.4 is 0 Å². The molecule has 1 aromatic heterocycles. The number of esters is 1. The number of rotatable bonds is 2. The molecule has 3 heteroatoms. The minimum atomic E-state index is -0.248. The Balaban J connectivity index is 2.93. The van der Waals surface area contributed by atoms with Crippen molar-refractivity contribution in [1.29, 1.82) is 0 Å². The van der Waals surface area contributed by atoms with Gasteiger partial charge in [0.2, 0.25) is 0 Å². The number of hydrogen-bond donors (Lipinski definition) is 0. The Labute approximate surface area is 72.0 Å². The fourth-order valence-electron chi connectivity index (χ4n) is 1.16. The van der Waals surface area contributed by atoms with E-state index in [0.29, 0.717) is 12.3 Å². The predicted molar refractivity (Wildman–Crippen MR) is 46.1 cm³/mol. The van der Waals surface area contributed by atoms with Crippen molar-refractivity contribution in [1.82, 2.24) is 4.57 Å². The monoisotopic (exact) mass is 167 g/mol. The molecule has 0 aliphatic carbocycles. The number of aryl methyl sites for hydroxylation is 2. The zero-order valence-electron chi connectivity index (χ0n) is 7.63. The first-order chi connectivity index (χ1) is 5.66. The van der Waals surface area contributed by atoms with Crippen molar-refractivity contribution in [2.75, 3.05) is 6.61 Å². The Morgan fingerprint density at radius 3 is 2.75 bits per heavy atom. The van der Waals surface area contributed by atoms with Crippen LogP contribution in [0.5, 0.6) is 0 Å². The second-order valence-corrected chi connectivity index (χ2v) is 2.68. The number of nitrogens with zero attached hydrogens (tertiary/aromatic N) is 1. The second-order valence-electron chi connectivity index (χ2n) is 2.68. The summed E-state index contributed by atoms with van der Waals surface area (Å²) >= 11 is 0.